The second-order valence-electron chi connectivity index (χ2n) is 13.5. The first-order chi connectivity index (χ1) is 19.7. The van der Waals surface area contributed by atoms with Gasteiger partial charge in [-0.25, -0.2) is 4.79 Å². The molecule has 4 heterocycles. The van der Waals surface area contributed by atoms with Crippen LogP contribution in [0.3, 0.4) is 0 Å². The Morgan fingerprint density at radius 1 is 0.929 bits per heavy atom. The number of nitrogens with zero attached hydrogens (tertiary/aromatic N) is 1. The van der Waals surface area contributed by atoms with Crippen molar-refractivity contribution in [1.29, 1.82) is 5.26 Å². The maximum atomic E-state index is 12.1. The standard InChI is InChI=1S/C17H21NO6.C13H18O5/c1-4-16(2,3)14(20)22-7-11(19)23-12-9-5-10-13(12)24-15(21)17(10,6-9)8-18;1-4-13(2,3)12(15)18-9-7-5-6-8(16-7)10(9)17-11(6)14/h9-10,12-13H,4-7H2,1-3H3;6-10H,4-5H2,1-3H3. The second-order valence-corrected chi connectivity index (χ2v) is 13.5. The van der Waals surface area contributed by atoms with Crippen molar-refractivity contribution < 1.29 is 52.4 Å². The molecule has 4 saturated heterocycles. The van der Waals surface area contributed by atoms with Crippen LogP contribution < -0.4 is 0 Å². The van der Waals surface area contributed by atoms with Crippen LogP contribution in [0, 0.1) is 45.3 Å². The number of ether oxygens (including phenoxy) is 6. The third-order valence-corrected chi connectivity index (χ3v) is 10.3. The first-order valence-corrected chi connectivity index (χ1v) is 14.7. The summed E-state index contributed by atoms with van der Waals surface area (Å²) < 4.78 is 32.2. The van der Waals surface area contributed by atoms with Crippen molar-refractivity contribution in [2.45, 2.75) is 110 Å². The molecule has 4 bridgehead atoms. The highest BCUT2D eigenvalue weighted by Crippen LogP contribution is 2.62. The Morgan fingerprint density at radius 2 is 1.60 bits per heavy atom. The van der Waals surface area contributed by atoms with E-state index in [1.165, 1.54) is 0 Å². The van der Waals surface area contributed by atoms with Crippen LogP contribution in [0.4, 0.5) is 0 Å². The van der Waals surface area contributed by atoms with Gasteiger partial charge in [0.1, 0.15) is 18.3 Å². The number of hydrogen-bond acceptors (Lipinski definition) is 12. The molecule has 12 heteroatoms. The van der Waals surface area contributed by atoms with E-state index in [1.54, 1.807) is 13.8 Å². The van der Waals surface area contributed by atoms with Gasteiger partial charge in [0.2, 0.25) is 0 Å². The largest absolute Gasteiger partial charge is 0.457 e. The summed E-state index contributed by atoms with van der Waals surface area (Å²) in [7, 11) is 0. The van der Waals surface area contributed by atoms with Crippen LogP contribution in [0.25, 0.3) is 0 Å². The number of carbonyl (C=O) groups is 5. The van der Waals surface area contributed by atoms with Gasteiger partial charge in [-0.15, -0.1) is 0 Å². The molecule has 0 aromatic heterocycles. The first kappa shape index (κ1) is 30.3. The summed E-state index contributed by atoms with van der Waals surface area (Å²) in [6.07, 6.45) is 0.643. The third-order valence-electron chi connectivity index (χ3n) is 10.3. The van der Waals surface area contributed by atoms with E-state index >= 15 is 0 Å². The molecule has 230 valence electrons. The van der Waals surface area contributed by atoms with Gasteiger partial charge in [0, 0.05) is 11.8 Å². The maximum absolute atomic E-state index is 12.1. The summed E-state index contributed by atoms with van der Waals surface area (Å²) in [6.45, 7) is 10.6. The maximum Gasteiger partial charge on any atom is 0.344 e. The number of nitriles is 1. The zero-order valence-corrected chi connectivity index (χ0v) is 24.9. The lowest BCUT2D eigenvalue weighted by molar-refractivity contribution is -0.172. The predicted molar refractivity (Wildman–Crippen MR) is 140 cm³/mol. The van der Waals surface area contributed by atoms with Crippen molar-refractivity contribution in [2.24, 2.45) is 34.0 Å². The number of fused-ring (bicyclic) bond motifs is 2. The Labute approximate surface area is 244 Å². The predicted octanol–water partition coefficient (Wildman–Crippen LogP) is 2.40. The Bertz CT molecular complexity index is 1220. The van der Waals surface area contributed by atoms with Crippen molar-refractivity contribution >= 4 is 29.8 Å². The molecule has 2 aliphatic carbocycles. The van der Waals surface area contributed by atoms with Gasteiger partial charge in [-0.05, 0) is 59.8 Å². The van der Waals surface area contributed by atoms with Gasteiger partial charge in [0.15, 0.2) is 24.2 Å². The van der Waals surface area contributed by atoms with Crippen LogP contribution in [-0.4, -0.2) is 73.1 Å². The van der Waals surface area contributed by atoms with E-state index in [0.717, 1.165) is 0 Å². The summed E-state index contributed by atoms with van der Waals surface area (Å²) in [5.41, 5.74) is -2.22. The Kier molecular flexibility index (Phi) is 7.57. The molecule has 10 unspecified atom stereocenters. The minimum absolute atomic E-state index is 0.0576. The topological polar surface area (TPSA) is 165 Å². The molecule has 6 rings (SSSR count). The van der Waals surface area contributed by atoms with Gasteiger partial charge >= 0.3 is 29.8 Å². The summed E-state index contributed by atoms with van der Waals surface area (Å²) in [5.74, 6) is -2.47. The molecule has 0 N–H and O–H groups in total. The summed E-state index contributed by atoms with van der Waals surface area (Å²) >= 11 is 0. The van der Waals surface area contributed by atoms with E-state index < -0.39 is 65.2 Å². The molecule has 0 amide bonds. The summed E-state index contributed by atoms with van der Waals surface area (Å²) in [6, 6.07) is 2.10. The molecule has 4 aliphatic heterocycles. The fourth-order valence-electron chi connectivity index (χ4n) is 6.75. The number of esters is 5. The Morgan fingerprint density at radius 3 is 2.24 bits per heavy atom. The van der Waals surface area contributed by atoms with Crippen LogP contribution in [0.15, 0.2) is 0 Å². The molecule has 0 aromatic rings. The van der Waals surface area contributed by atoms with Crippen molar-refractivity contribution in [1.82, 2.24) is 0 Å². The molecule has 0 radical (unpaired) electrons. The lowest BCUT2D eigenvalue weighted by Crippen LogP contribution is -2.42. The highest BCUT2D eigenvalue weighted by Gasteiger charge is 2.72. The average molecular weight is 590 g/mol. The highest BCUT2D eigenvalue weighted by atomic mass is 16.7. The molecular formula is C30H39NO11. The van der Waals surface area contributed by atoms with Crippen molar-refractivity contribution in [2.75, 3.05) is 6.61 Å². The molecule has 2 saturated carbocycles. The quantitative estimate of drug-likeness (QED) is 0.300. The fourth-order valence-corrected chi connectivity index (χ4v) is 6.75. The lowest BCUT2D eigenvalue weighted by Gasteiger charge is -2.28. The van der Waals surface area contributed by atoms with Crippen molar-refractivity contribution in [3.63, 3.8) is 0 Å². The smallest absolute Gasteiger partial charge is 0.344 e. The monoisotopic (exact) mass is 589 g/mol. The van der Waals surface area contributed by atoms with Gasteiger partial charge in [-0.1, -0.05) is 13.8 Å². The number of hydrogen-bond donors (Lipinski definition) is 0. The van der Waals surface area contributed by atoms with Crippen LogP contribution >= 0.6 is 0 Å². The van der Waals surface area contributed by atoms with Gasteiger partial charge in [0.05, 0.1) is 28.9 Å². The van der Waals surface area contributed by atoms with Crippen LogP contribution in [-0.2, 0) is 52.4 Å². The number of carbonyl (C=O) groups excluding carboxylic acids is 5. The van der Waals surface area contributed by atoms with E-state index in [4.69, 9.17) is 28.4 Å². The summed E-state index contributed by atoms with van der Waals surface area (Å²) in [5, 5.41) is 9.33. The molecule has 0 aromatic carbocycles. The number of rotatable bonds is 8. The van der Waals surface area contributed by atoms with E-state index in [0.29, 0.717) is 32.1 Å². The molecular weight excluding hydrogens is 550 g/mol. The van der Waals surface area contributed by atoms with E-state index in [9.17, 15) is 29.2 Å². The third kappa shape index (κ3) is 4.74. The van der Waals surface area contributed by atoms with E-state index in [1.807, 2.05) is 27.7 Å². The van der Waals surface area contributed by atoms with Crippen molar-refractivity contribution in [3.05, 3.63) is 0 Å². The Balaban J connectivity index is 0.000000175. The van der Waals surface area contributed by atoms with Gasteiger partial charge in [-0.2, -0.15) is 5.26 Å². The molecule has 12 nitrogen and oxygen atoms in total. The van der Waals surface area contributed by atoms with Crippen LogP contribution in [0.1, 0.15) is 73.6 Å². The molecule has 10 atom stereocenters. The molecule has 6 aliphatic rings. The molecule has 6 fully saturated rings. The lowest BCUT2D eigenvalue weighted by atomic mass is 9.75. The van der Waals surface area contributed by atoms with Gasteiger partial charge < -0.3 is 28.4 Å². The summed E-state index contributed by atoms with van der Waals surface area (Å²) in [4.78, 5) is 59.5. The minimum atomic E-state index is -1.06. The van der Waals surface area contributed by atoms with Gasteiger partial charge in [-0.3, -0.25) is 19.2 Å². The zero-order valence-electron chi connectivity index (χ0n) is 24.9. The minimum Gasteiger partial charge on any atom is -0.457 e. The SMILES string of the molecule is CCC(C)(C)C(=O)OC1C2CC3C(=O)OC1C3O2.CCC(C)(C)C(=O)OCC(=O)OC1C2CC3C1OC(=O)C3(C#N)C2. The van der Waals surface area contributed by atoms with Crippen LogP contribution in [0.2, 0.25) is 0 Å². The van der Waals surface area contributed by atoms with Crippen molar-refractivity contribution in [3.8, 4) is 6.07 Å². The molecule has 0 spiro atoms. The van der Waals surface area contributed by atoms with Crippen LogP contribution in [0.5, 0.6) is 0 Å². The fraction of sp³-hybridized carbons (Fsp3) is 0.800. The van der Waals surface area contributed by atoms with E-state index in [2.05, 4.69) is 6.07 Å². The second kappa shape index (κ2) is 10.5. The Hall–Kier alpha value is -3.20. The molecule has 42 heavy (non-hydrogen) atoms. The first-order valence-electron chi connectivity index (χ1n) is 14.7. The average Bonchev–Trinajstić information content (AvgIpc) is 3.76. The van der Waals surface area contributed by atoms with E-state index in [-0.39, 0.29) is 41.9 Å². The normalized spacial score (nSPS) is 38.3. The zero-order chi connectivity index (χ0) is 30.8. The van der Waals surface area contributed by atoms with Gasteiger partial charge in [0.25, 0.3) is 0 Å². The highest BCUT2D eigenvalue weighted by molar-refractivity contribution is 5.85.